The molecule has 4 rings (SSSR count). The number of hydrogen-bond donors (Lipinski definition) is 1. The number of benzene rings is 1. The molecule has 0 radical (unpaired) electrons. The molecule has 1 spiro atoms. The van der Waals surface area contributed by atoms with Gasteiger partial charge in [0.05, 0.1) is 11.0 Å². The van der Waals surface area contributed by atoms with Crippen LogP contribution in [0.2, 0.25) is 0 Å². The number of imidazole rings is 1. The van der Waals surface area contributed by atoms with Crippen LogP contribution in [0, 0.1) is 11.3 Å². The first-order valence-corrected chi connectivity index (χ1v) is 9.67. The minimum absolute atomic E-state index is 0.0873. The summed E-state index contributed by atoms with van der Waals surface area (Å²) in [5, 5.41) is 3.40. The summed E-state index contributed by atoms with van der Waals surface area (Å²) >= 11 is 0. The molecule has 1 unspecified atom stereocenters. The average molecular weight is 340 g/mol. The van der Waals surface area contributed by atoms with Crippen LogP contribution in [0.1, 0.15) is 39.5 Å². The maximum atomic E-state index is 12.9. The number of rotatable bonds is 4. The number of carbonyl (C=O) groups is 1. The van der Waals surface area contributed by atoms with Gasteiger partial charge in [0, 0.05) is 19.0 Å². The second kappa shape index (κ2) is 6.45. The summed E-state index contributed by atoms with van der Waals surface area (Å²) in [5.74, 6) is 0.220. The number of piperidine rings is 1. The van der Waals surface area contributed by atoms with Crippen LogP contribution >= 0.6 is 0 Å². The number of hydrogen-bond acceptors (Lipinski definition) is 2. The van der Waals surface area contributed by atoms with Gasteiger partial charge >= 0.3 is 0 Å². The van der Waals surface area contributed by atoms with Crippen LogP contribution in [0.5, 0.6) is 0 Å². The lowest BCUT2D eigenvalue weighted by Gasteiger charge is -2.22. The summed E-state index contributed by atoms with van der Waals surface area (Å²) in [6.07, 6.45) is 4.28. The van der Waals surface area contributed by atoms with Crippen LogP contribution in [-0.2, 0) is 17.9 Å². The van der Waals surface area contributed by atoms with Gasteiger partial charge in [0.2, 0.25) is 5.62 Å². The molecule has 2 aliphatic rings. The van der Waals surface area contributed by atoms with Crippen molar-refractivity contribution in [3.63, 3.8) is 0 Å². The first kappa shape index (κ1) is 16.6. The standard InChI is InChI=1S/C20H28N4O/c1-3-13-24-17-8-6-5-7-16(17)23(4-2)19(24)22-18(25)15-14-20(15)9-11-21-12-10-20/h5-8,15,21H,3-4,9-14H2,1-2H3. The normalized spacial score (nSPS) is 22.6. The van der Waals surface area contributed by atoms with Gasteiger partial charge in [-0.05, 0) is 63.2 Å². The highest BCUT2D eigenvalue weighted by atomic mass is 16.1. The second-order valence-corrected chi connectivity index (χ2v) is 7.50. The van der Waals surface area contributed by atoms with E-state index in [2.05, 4.69) is 57.6 Å². The Kier molecular flexibility index (Phi) is 4.28. The van der Waals surface area contributed by atoms with Gasteiger partial charge in [0.15, 0.2) is 0 Å². The fourth-order valence-electron chi connectivity index (χ4n) is 4.51. The number of aromatic nitrogens is 2. The number of para-hydroxylation sites is 2. The second-order valence-electron chi connectivity index (χ2n) is 7.50. The van der Waals surface area contributed by atoms with Crippen LogP contribution in [0.4, 0.5) is 0 Å². The molecule has 1 aromatic carbocycles. The Morgan fingerprint density at radius 3 is 2.52 bits per heavy atom. The van der Waals surface area contributed by atoms with E-state index in [9.17, 15) is 4.79 Å². The lowest BCUT2D eigenvalue weighted by atomic mass is 9.92. The summed E-state index contributed by atoms with van der Waals surface area (Å²) in [4.78, 5) is 17.6. The number of amides is 1. The van der Waals surface area contributed by atoms with Gasteiger partial charge in [-0.2, -0.15) is 4.99 Å². The van der Waals surface area contributed by atoms with E-state index in [-0.39, 0.29) is 17.2 Å². The molecular formula is C20H28N4O. The molecule has 1 N–H and O–H groups in total. The Bertz CT molecular complexity index is 854. The van der Waals surface area contributed by atoms with Crippen molar-refractivity contribution in [1.82, 2.24) is 14.5 Å². The average Bonchev–Trinajstić information content (AvgIpc) is 3.25. The molecule has 1 saturated carbocycles. The minimum Gasteiger partial charge on any atom is -0.317 e. The van der Waals surface area contributed by atoms with Gasteiger partial charge in [-0.1, -0.05) is 19.1 Å². The van der Waals surface area contributed by atoms with Crippen LogP contribution in [0.15, 0.2) is 29.3 Å². The quantitative estimate of drug-likeness (QED) is 0.930. The number of aryl methyl sites for hydroxylation is 2. The van der Waals surface area contributed by atoms with E-state index < -0.39 is 0 Å². The molecule has 1 saturated heterocycles. The summed E-state index contributed by atoms with van der Waals surface area (Å²) in [7, 11) is 0. The maximum absolute atomic E-state index is 12.9. The molecule has 1 amide bonds. The van der Waals surface area contributed by atoms with Gasteiger partial charge in [0.1, 0.15) is 0 Å². The largest absolute Gasteiger partial charge is 0.317 e. The molecule has 1 aliphatic carbocycles. The van der Waals surface area contributed by atoms with Gasteiger partial charge < -0.3 is 14.5 Å². The van der Waals surface area contributed by atoms with Crippen LogP contribution in [-0.4, -0.2) is 28.1 Å². The zero-order valence-corrected chi connectivity index (χ0v) is 15.3. The Morgan fingerprint density at radius 1 is 1.20 bits per heavy atom. The highest BCUT2D eigenvalue weighted by Gasteiger charge is 2.57. The lowest BCUT2D eigenvalue weighted by Crippen LogP contribution is -2.31. The summed E-state index contributed by atoms with van der Waals surface area (Å²) in [6, 6.07) is 8.37. The molecule has 1 atom stereocenters. The number of nitrogens with one attached hydrogen (secondary N) is 1. The molecule has 1 aromatic heterocycles. The number of carbonyl (C=O) groups excluding carboxylic acids is 1. The third-order valence-electron chi connectivity index (χ3n) is 6.01. The van der Waals surface area contributed by atoms with Crippen molar-refractivity contribution < 1.29 is 4.79 Å². The topological polar surface area (TPSA) is 51.3 Å². The molecular weight excluding hydrogens is 312 g/mol. The Balaban J connectivity index is 1.76. The SMILES string of the molecule is CCCn1c(=NC(=O)C2CC23CCNCC3)n(CC)c2ccccc21. The van der Waals surface area contributed by atoms with Crippen molar-refractivity contribution >= 4 is 16.9 Å². The summed E-state index contributed by atoms with van der Waals surface area (Å²) in [6.45, 7) is 8.07. The van der Waals surface area contributed by atoms with Crippen LogP contribution < -0.4 is 10.9 Å². The highest BCUT2D eigenvalue weighted by Crippen LogP contribution is 2.58. The molecule has 2 heterocycles. The zero-order chi connectivity index (χ0) is 17.4. The van der Waals surface area contributed by atoms with E-state index in [1.54, 1.807) is 0 Å². The van der Waals surface area contributed by atoms with E-state index in [0.29, 0.717) is 0 Å². The van der Waals surface area contributed by atoms with Gasteiger partial charge in [0.25, 0.3) is 5.91 Å². The van der Waals surface area contributed by atoms with Crippen molar-refractivity contribution in [2.75, 3.05) is 13.1 Å². The molecule has 2 fully saturated rings. The van der Waals surface area contributed by atoms with Crippen molar-refractivity contribution in [2.45, 2.75) is 52.6 Å². The molecule has 5 heteroatoms. The van der Waals surface area contributed by atoms with Gasteiger partial charge in [-0.3, -0.25) is 4.79 Å². The van der Waals surface area contributed by atoms with E-state index in [4.69, 9.17) is 0 Å². The van der Waals surface area contributed by atoms with E-state index in [1.165, 1.54) is 5.52 Å². The third kappa shape index (κ3) is 2.74. The highest BCUT2D eigenvalue weighted by molar-refractivity contribution is 5.84. The number of fused-ring (bicyclic) bond motifs is 1. The van der Waals surface area contributed by atoms with Crippen molar-refractivity contribution in [3.8, 4) is 0 Å². The van der Waals surface area contributed by atoms with Crippen molar-refractivity contribution in [3.05, 3.63) is 29.9 Å². The number of nitrogens with zero attached hydrogens (tertiary/aromatic N) is 3. The van der Waals surface area contributed by atoms with E-state index >= 15 is 0 Å². The maximum Gasteiger partial charge on any atom is 0.252 e. The summed E-state index contributed by atoms with van der Waals surface area (Å²) < 4.78 is 4.40. The lowest BCUT2D eigenvalue weighted by molar-refractivity contribution is -0.120. The Labute approximate surface area is 148 Å². The monoisotopic (exact) mass is 340 g/mol. The van der Waals surface area contributed by atoms with E-state index in [0.717, 1.165) is 63.0 Å². The predicted molar refractivity (Wildman–Crippen MR) is 99.1 cm³/mol. The minimum atomic E-state index is 0.0873. The summed E-state index contributed by atoms with van der Waals surface area (Å²) in [5.41, 5.74) is 3.40. The molecule has 0 bridgehead atoms. The molecule has 25 heavy (non-hydrogen) atoms. The molecule has 134 valence electrons. The third-order valence-corrected chi connectivity index (χ3v) is 6.01. The smallest absolute Gasteiger partial charge is 0.252 e. The van der Waals surface area contributed by atoms with Gasteiger partial charge in [-0.25, -0.2) is 0 Å². The molecule has 1 aliphatic heterocycles. The first-order chi connectivity index (χ1) is 12.2. The van der Waals surface area contributed by atoms with Crippen LogP contribution in [0.3, 0.4) is 0 Å². The molecule has 5 nitrogen and oxygen atoms in total. The van der Waals surface area contributed by atoms with Crippen LogP contribution in [0.25, 0.3) is 11.0 Å². The van der Waals surface area contributed by atoms with Crippen molar-refractivity contribution in [1.29, 1.82) is 0 Å². The Morgan fingerprint density at radius 2 is 1.88 bits per heavy atom. The Hall–Kier alpha value is -1.88. The van der Waals surface area contributed by atoms with E-state index in [1.807, 2.05) is 0 Å². The fraction of sp³-hybridized carbons (Fsp3) is 0.600. The fourth-order valence-corrected chi connectivity index (χ4v) is 4.51. The molecule has 2 aromatic rings. The first-order valence-electron chi connectivity index (χ1n) is 9.67. The predicted octanol–water partition coefficient (Wildman–Crippen LogP) is 2.69. The van der Waals surface area contributed by atoms with Crippen molar-refractivity contribution in [2.24, 2.45) is 16.3 Å². The van der Waals surface area contributed by atoms with Gasteiger partial charge in [-0.15, -0.1) is 0 Å². The zero-order valence-electron chi connectivity index (χ0n) is 15.3.